The highest BCUT2D eigenvalue weighted by Gasteiger charge is 2.21. The summed E-state index contributed by atoms with van der Waals surface area (Å²) in [5, 5.41) is 7.40. The van der Waals surface area contributed by atoms with E-state index in [1.165, 1.54) is 11.3 Å². The smallest absolute Gasteiger partial charge is 0.261 e. The highest BCUT2D eigenvalue weighted by Crippen LogP contribution is 2.31. The number of amides is 1. The number of carbonyl (C=O) groups excluding carboxylic acids is 1. The molecule has 0 aliphatic carbocycles. The van der Waals surface area contributed by atoms with Gasteiger partial charge in [0.25, 0.3) is 5.91 Å². The molecule has 0 unspecified atom stereocenters. The Kier molecular flexibility index (Phi) is 4.77. The van der Waals surface area contributed by atoms with Gasteiger partial charge in [-0.25, -0.2) is 4.98 Å². The van der Waals surface area contributed by atoms with E-state index in [1.807, 2.05) is 48.7 Å². The Hall–Kier alpha value is -2.40. The van der Waals surface area contributed by atoms with Crippen LogP contribution in [0.2, 0.25) is 0 Å². The van der Waals surface area contributed by atoms with Crippen LogP contribution in [0, 0.1) is 0 Å². The van der Waals surface area contributed by atoms with Crippen molar-refractivity contribution in [1.29, 1.82) is 0 Å². The maximum atomic E-state index is 13.0. The fourth-order valence-electron chi connectivity index (χ4n) is 2.60. The number of carbonyl (C=O) groups is 1. The van der Waals surface area contributed by atoms with Gasteiger partial charge in [-0.15, -0.1) is 11.3 Å². The van der Waals surface area contributed by atoms with Gasteiger partial charge in [0.05, 0.1) is 17.9 Å². The van der Waals surface area contributed by atoms with Crippen molar-refractivity contribution in [2.45, 2.75) is 33.1 Å². The zero-order valence-electron chi connectivity index (χ0n) is 14.9. The Balaban J connectivity index is 1.98. The molecular formula is C20H22N2O2S. The van der Waals surface area contributed by atoms with Crippen molar-refractivity contribution in [2.24, 2.45) is 0 Å². The molecule has 1 N–H and O–H groups in total. The molecule has 130 valence electrons. The van der Waals surface area contributed by atoms with Crippen molar-refractivity contribution in [3.8, 4) is 5.75 Å². The van der Waals surface area contributed by atoms with Crippen molar-refractivity contribution in [3.63, 3.8) is 0 Å². The van der Waals surface area contributed by atoms with Gasteiger partial charge in [0.1, 0.15) is 5.75 Å². The van der Waals surface area contributed by atoms with Crippen molar-refractivity contribution in [1.82, 2.24) is 4.98 Å². The minimum atomic E-state index is -0.199. The second-order valence-corrected chi connectivity index (χ2v) is 7.69. The van der Waals surface area contributed by atoms with Crippen LogP contribution in [0.15, 0.2) is 41.8 Å². The zero-order chi connectivity index (χ0) is 18.0. The molecule has 3 aromatic rings. The van der Waals surface area contributed by atoms with Gasteiger partial charge < -0.3 is 4.74 Å². The number of rotatable bonds is 4. The Morgan fingerprint density at radius 2 is 1.96 bits per heavy atom. The van der Waals surface area contributed by atoms with Gasteiger partial charge >= 0.3 is 0 Å². The van der Waals surface area contributed by atoms with Crippen LogP contribution in [0.4, 0.5) is 5.13 Å². The highest BCUT2D eigenvalue weighted by molar-refractivity contribution is 7.14. The average Bonchev–Trinajstić information content (AvgIpc) is 3.03. The van der Waals surface area contributed by atoms with Gasteiger partial charge in [0.15, 0.2) is 5.13 Å². The molecule has 1 aromatic heterocycles. The van der Waals surface area contributed by atoms with E-state index in [4.69, 9.17) is 4.74 Å². The van der Waals surface area contributed by atoms with E-state index in [9.17, 15) is 4.79 Å². The van der Waals surface area contributed by atoms with Crippen LogP contribution in [0.25, 0.3) is 10.8 Å². The first-order valence-corrected chi connectivity index (χ1v) is 9.20. The van der Waals surface area contributed by atoms with E-state index >= 15 is 0 Å². The molecule has 0 saturated heterocycles. The van der Waals surface area contributed by atoms with E-state index < -0.39 is 0 Å². The molecule has 0 atom stereocenters. The first kappa shape index (κ1) is 17.4. The molecule has 2 aromatic carbocycles. The number of anilines is 1. The number of nitrogens with zero attached hydrogens (tertiary/aromatic N) is 1. The standard InChI is InChI=1S/C20H22N2O2S/c1-5-24-15-11-10-13-8-6-7-9-14(13)17(15)18(23)22-19-21-16(12-25-19)20(2,3)4/h6-12H,5H2,1-4H3,(H,21,22,23). The fraction of sp³-hybridized carbons (Fsp3) is 0.300. The van der Waals surface area contributed by atoms with Gasteiger partial charge in [-0.3, -0.25) is 10.1 Å². The number of thiazole rings is 1. The number of fused-ring (bicyclic) bond motifs is 1. The summed E-state index contributed by atoms with van der Waals surface area (Å²) in [6.07, 6.45) is 0. The fourth-order valence-corrected chi connectivity index (χ4v) is 3.53. The normalized spacial score (nSPS) is 11.5. The van der Waals surface area contributed by atoms with Crippen LogP contribution >= 0.6 is 11.3 Å². The molecule has 1 amide bonds. The van der Waals surface area contributed by atoms with Crippen LogP contribution in [0.1, 0.15) is 43.7 Å². The maximum absolute atomic E-state index is 13.0. The molecule has 25 heavy (non-hydrogen) atoms. The lowest BCUT2D eigenvalue weighted by Gasteiger charge is -2.14. The molecule has 0 aliphatic rings. The van der Waals surface area contributed by atoms with Gasteiger partial charge in [0, 0.05) is 10.8 Å². The predicted molar refractivity (Wildman–Crippen MR) is 104 cm³/mol. The quantitative estimate of drug-likeness (QED) is 0.696. The SMILES string of the molecule is CCOc1ccc2ccccc2c1C(=O)Nc1nc(C(C)(C)C)cs1. The van der Waals surface area contributed by atoms with Gasteiger partial charge in [0.2, 0.25) is 0 Å². The summed E-state index contributed by atoms with van der Waals surface area (Å²) in [6.45, 7) is 8.72. The lowest BCUT2D eigenvalue weighted by atomic mass is 9.93. The topological polar surface area (TPSA) is 51.2 Å². The second kappa shape index (κ2) is 6.84. The maximum Gasteiger partial charge on any atom is 0.261 e. The Labute approximate surface area is 151 Å². The summed E-state index contributed by atoms with van der Waals surface area (Å²) >= 11 is 1.44. The van der Waals surface area contributed by atoms with E-state index in [0.29, 0.717) is 23.1 Å². The number of ether oxygens (including phenoxy) is 1. The highest BCUT2D eigenvalue weighted by atomic mass is 32.1. The molecule has 5 heteroatoms. The van der Waals surface area contributed by atoms with Gasteiger partial charge in [-0.2, -0.15) is 0 Å². The number of aromatic nitrogens is 1. The third-order valence-electron chi connectivity index (χ3n) is 3.91. The first-order chi connectivity index (χ1) is 11.9. The number of hydrogen-bond acceptors (Lipinski definition) is 4. The molecule has 3 rings (SSSR count). The number of nitrogens with one attached hydrogen (secondary N) is 1. The Morgan fingerprint density at radius 3 is 2.64 bits per heavy atom. The lowest BCUT2D eigenvalue weighted by Crippen LogP contribution is -2.15. The van der Waals surface area contributed by atoms with E-state index in [-0.39, 0.29) is 11.3 Å². The van der Waals surface area contributed by atoms with Crippen molar-refractivity contribution in [2.75, 3.05) is 11.9 Å². The third-order valence-corrected chi connectivity index (χ3v) is 4.67. The molecule has 0 spiro atoms. The molecule has 0 radical (unpaired) electrons. The molecule has 4 nitrogen and oxygen atoms in total. The van der Waals surface area contributed by atoms with Crippen molar-refractivity contribution < 1.29 is 9.53 Å². The second-order valence-electron chi connectivity index (χ2n) is 6.83. The van der Waals surface area contributed by atoms with Crippen LogP contribution in [-0.4, -0.2) is 17.5 Å². The van der Waals surface area contributed by atoms with Crippen molar-refractivity contribution >= 4 is 33.1 Å². The van der Waals surface area contributed by atoms with Gasteiger partial charge in [-0.1, -0.05) is 51.1 Å². The predicted octanol–water partition coefficient (Wildman–Crippen LogP) is 5.24. The summed E-state index contributed by atoms with van der Waals surface area (Å²) in [5.41, 5.74) is 1.47. The molecular weight excluding hydrogens is 332 g/mol. The Bertz CT molecular complexity index is 909. The molecule has 0 bridgehead atoms. The number of hydrogen-bond donors (Lipinski definition) is 1. The average molecular weight is 354 g/mol. The molecule has 0 fully saturated rings. The van der Waals surface area contributed by atoms with E-state index in [2.05, 4.69) is 31.1 Å². The molecule has 1 heterocycles. The van der Waals surface area contributed by atoms with E-state index in [0.717, 1.165) is 16.5 Å². The van der Waals surface area contributed by atoms with E-state index in [1.54, 1.807) is 0 Å². The summed E-state index contributed by atoms with van der Waals surface area (Å²) in [5.74, 6) is 0.390. The minimum absolute atomic E-state index is 0.0462. The minimum Gasteiger partial charge on any atom is -0.493 e. The van der Waals surface area contributed by atoms with Crippen molar-refractivity contribution in [3.05, 3.63) is 53.0 Å². The lowest BCUT2D eigenvalue weighted by molar-refractivity contribution is 0.102. The largest absolute Gasteiger partial charge is 0.493 e. The number of benzene rings is 2. The van der Waals surface area contributed by atoms with Crippen LogP contribution in [0.5, 0.6) is 5.75 Å². The van der Waals surface area contributed by atoms with Crippen LogP contribution in [-0.2, 0) is 5.41 Å². The molecule has 0 aliphatic heterocycles. The third kappa shape index (κ3) is 3.66. The summed E-state index contributed by atoms with van der Waals surface area (Å²) in [6, 6.07) is 11.6. The van der Waals surface area contributed by atoms with Crippen LogP contribution < -0.4 is 10.1 Å². The Morgan fingerprint density at radius 1 is 1.20 bits per heavy atom. The van der Waals surface area contributed by atoms with Gasteiger partial charge in [-0.05, 0) is 23.8 Å². The summed E-state index contributed by atoms with van der Waals surface area (Å²) in [7, 11) is 0. The zero-order valence-corrected chi connectivity index (χ0v) is 15.7. The first-order valence-electron chi connectivity index (χ1n) is 8.32. The van der Waals surface area contributed by atoms with Crippen LogP contribution in [0.3, 0.4) is 0 Å². The summed E-state index contributed by atoms with van der Waals surface area (Å²) in [4.78, 5) is 17.5. The molecule has 0 saturated carbocycles. The summed E-state index contributed by atoms with van der Waals surface area (Å²) < 4.78 is 5.69. The monoisotopic (exact) mass is 354 g/mol.